The van der Waals surface area contributed by atoms with Crippen LogP contribution in [0.1, 0.15) is 13.3 Å². The van der Waals surface area contributed by atoms with Gasteiger partial charge in [0.15, 0.2) is 0 Å². The van der Waals surface area contributed by atoms with E-state index in [9.17, 15) is 9.59 Å². The van der Waals surface area contributed by atoms with Gasteiger partial charge in [-0.1, -0.05) is 5.92 Å². The first-order valence-electron chi connectivity index (χ1n) is 5.27. The average molecular weight is 260 g/mol. The van der Waals surface area contributed by atoms with Gasteiger partial charge in [0.25, 0.3) is 0 Å². The number of imidazole rings is 2. The van der Waals surface area contributed by atoms with E-state index in [1.165, 1.54) is 21.8 Å². The smallest absolute Gasteiger partial charge is 0.338 e. The lowest BCUT2D eigenvalue weighted by Crippen LogP contribution is -2.15. The molecule has 2 aromatic rings. The van der Waals surface area contributed by atoms with Crippen molar-refractivity contribution in [1.82, 2.24) is 19.1 Å². The first-order chi connectivity index (χ1) is 9.15. The van der Waals surface area contributed by atoms with Crippen LogP contribution in [0.4, 0.5) is 4.79 Å². The number of aromatic nitrogens is 4. The van der Waals surface area contributed by atoms with E-state index in [4.69, 9.17) is 5.11 Å². The second kappa shape index (κ2) is 7.45. The molecule has 2 rings (SSSR count). The summed E-state index contributed by atoms with van der Waals surface area (Å²) in [6.45, 7) is 1.61. The van der Waals surface area contributed by atoms with Crippen LogP contribution in [0.2, 0.25) is 0 Å². The molecule has 19 heavy (non-hydrogen) atoms. The molecule has 0 aromatic carbocycles. The molecule has 2 heterocycles. The normalized spacial score (nSPS) is 8.68. The monoisotopic (exact) mass is 260 g/mol. The van der Waals surface area contributed by atoms with Crippen LogP contribution in [0, 0.1) is 11.8 Å². The van der Waals surface area contributed by atoms with Crippen molar-refractivity contribution in [3.63, 3.8) is 0 Å². The zero-order valence-electron chi connectivity index (χ0n) is 10.2. The van der Waals surface area contributed by atoms with Crippen LogP contribution in [0.15, 0.2) is 37.4 Å². The summed E-state index contributed by atoms with van der Waals surface area (Å²) in [6.07, 6.45) is 9.12. The van der Waals surface area contributed by atoms with E-state index in [1.54, 1.807) is 31.7 Å². The summed E-state index contributed by atoms with van der Waals surface area (Å²) < 4.78 is 2.75. The number of carbonyl (C=O) groups is 2. The minimum absolute atomic E-state index is 0.0451. The Morgan fingerprint density at radius 3 is 1.95 bits per heavy atom. The summed E-state index contributed by atoms with van der Waals surface area (Å²) in [6, 6.07) is -0.190. The van der Waals surface area contributed by atoms with Gasteiger partial charge in [0, 0.05) is 24.8 Å². The molecule has 0 aliphatic heterocycles. The second-order valence-electron chi connectivity index (χ2n) is 3.22. The third kappa shape index (κ3) is 4.87. The summed E-state index contributed by atoms with van der Waals surface area (Å²) in [4.78, 5) is 28.6. The maximum atomic E-state index is 11.4. The molecule has 0 radical (unpaired) electrons. The van der Waals surface area contributed by atoms with Crippen molar-refractivity contribution in [3.8, 4) is 11.8 Å². The fourth-order valence-electron chi connectivity index (χ4n) is 1.04. The number of carbonyl (C=O) groups excluding carboxylic acids is 1. The van der Waals surface area contributed by atoms with Crippen molar-refractivity contribution in [1.29, 1.82) is 0 Å². The third-order valence-corrected chi connectivity index (χ3v) is 1.87. The Morgan fingerprint density at radius 1 is 1.16 bits per heavy atom. The van der Waals surface area contributed by atoms with Crippen LogP contribution in [-0.4, -0.2) is 36.2 Å². The number of aliphatic carboxylic acids is 1. The molecule has 0 saturated heterocycles. The number of carboxylic acid groups (broad SMARTS) is 1. The first kappa shape index (κ1) is 14.2. The van der Waals surface area contributed by atoms with Gasteiger partial charge in [0.2, 0.25) is 0 Å². The molecule has 0 fully saturated rings. The highest BCUT2D eigenvalue weighted by Crippen LogP contribution is 1.92. The van der Waals surface area contributed by atoms with Crippen molar-refractivity contribution >= 4 is 12.0 Å². The Balaban J connectivity index is 0.000000224. The zero-order valence-corrected chi connectivity index (χ0v) is 10.2. The maximum Gasteiger partial charge on any atom is 0.338 e. The van der Waals surface area contributed by atoms with E-state index in [0.29, 0.717) is 0 Å². The minimum Gasteiger partial charge on any atom is -0.481 e. The van der Waals surface area contributed by atoms with Gasteiger partial charge in [0.1, 0.15) is 19.1 Å². The number of hydrogen-bond acceptors (Lipinski definition) is 4. The lowest BCUT2D eigenvalue weighted by molar-refractivity contribution is -0.135. The molecule has 0 unspecified atom stereocenters. The average Bonchev–Trinajstić information content (AvgIpc) is 3.08. The molecular weight excluding hydrogens is 248 g/mol. The van der Waals surface area contributed by atoms with Gasteiger partial charge in [0.05, 0.1) is 0 Å². The summed E-state index contributed by atoms with van der Waals surface area (Å²) in [5, 5.41) is 7.94. The van der Waals surface area contributed by atoms with Gasteiger partial charge < -0.3 is 5.11 Å². The van der Waals surface area contributed by atoms with E-state index >= 15 is 0 Å². The Bertz CT molecular complexity index is 540. The summed E-state index contributed by atoms with van der Waals surface area (Å²) >= 11 is 0. The quantitative estimate of drug-likeness (QED) is 0.775. The third-order valence-electron chi connectivity index (χ3n) is 1.87. The molecule has 2 aromatic heterocycles. The molecule has 0 spiro atoms. The summed E-state index contributed by atoms with van der Waals surface area (Å²) in [5.74, 6) is 4.00. The van der Waals surface area contributed by atoms with E-state index < -0.39 is 5.97 Å². The van der Waals surface area contributed by atoms with Crippen LogP contribution in [-0.2, 0) is 4.79 Å². The Hall–Kier alpha value is -2.88. The van der Waals surface area contributed by atoms with Crippen LogP contribution in [0.3, 0.4) is 0 Å². The van der Waals surface area contributed by atoms with Crippen molar-refractivity contribution < 1.29 is 14.7 Å². The van der Waals surface area contributed by atoms with Crippen molar-refractivity contribution in [2.75, 3.05) is 0 Å². The molecule has 0 bridgehead atoms. The van der Waals surface area contributed by atoms with Gasteiger partial charge in [-0.05, 0) is 6.92 Å². The van der Waals surface area contributed by atoms with E-state index in [-0.39, 0.29) is 12.5 Å². The fourth-order valence-corrected chi connectivity index (χ4v) is 1.04. The minimum atomic E-state index is -0.866. The van der Waals surface area contributed by atoms with Gasteiger partial charge in [-0.25, -0.2) is 14.8 Å². The summed E-state index contributed by atoms with van der Waals surface area (Å²) in [5.41, 5.74) is 0. The van der Waals surface area contributed by atoms with Crippen molar-refractivity contribution in [2.24, 2.45) is 0 Å². The van der Waals surface area contributed by atoms with Gasteiger partial charge in [-0.15, -0.1) is 5.92 Å². The van der Waals surface area contributed by atoms with Gasteiger partial charge >= 0.3 is 12.0 Å². The topological polar surface area (TPSA) is 90.0 Å². The molecule has 0 aliphatic rings. The van der Waals surface area contributed by atoms with Crippen molar-refractivity contribution in [3.05, 3.63) is 37.4 Å². The predicted molar refractivity (Wildman–Crippen MR) is 66.3 cm³/mol. The molecular formula is C12H12N4O3. The number of rotatable bonds is 1. The summed E-state index contributed by atoms with van der Waals surface area (Å²) in [7, 11) is 0. The van der Waals surface area contributed by atoms with Crippen LogP contribution in [0.25, 0.3) is 0 Å². The van der Waals surface area contributed by atoms with Crippen molar-refractivity contribution in [2.45, 2.75) is 13.3 Å². The van der Waals surface area contributed by atoms with E-state index in [1.807, 2.05) is 0 Å². The zero-order chi connectivity index (χ0) is 14.1. The van der Waals surface area contributed by atoms with Crippen LogP contribution < -0.4 is 0 Å². The van der Waals surface area contributed by atoms with Crippen LogP contribution in [0.5, 0.6) is 0 Å². The molecule has 0 aliphatic carbocycles. The number of nitrogens with zero attached hydrogens (tertiary/aromatic N) is 4. The Labute approximate surface area is 109 Å². The fraction of sp³-hybridized carbons (Fsp3) is 0.167. The first-order valence-corrected chi connectivity index (χ1v) is 5.27. The number of hydrogen-bond donors (Lipinski definition) is 1. The van der Waals surface area contributed by atoms with Crippen LogP contribution >= 0.6 is 0 Å². The molecule has 98 valence electrons. The largest absolute Gasteiger partial charge is 0.481 e. The van der Waals surface area contributed by atoms with Gasteiger partial charge in [-0.2, -0.15) is 0 Å². The highest BCUT2D eigenvalue weighted by Gasteiger charge is 2.03. The maximum absolute atomic E-state index is 11.4. The second-order valence-corrected chi connectivity index (χ2v) is 3.22. The molecule has 1 N–H and O–H groups in total. The SMILES string of the molecule is CC#CCC(=O)O.O=C(n1ccnc1)n1ccnc1. The standard InChI is InChI=1S/C7H6N4O.C5H6O2/c12-7(10-3-1-8-5-10)11-4-2-9-6-11;1-2-3-4-5(6)7/h1-6H;4H2,1H3,(H,6,7). The molecule has 7 nitrogen and oxygen atoms in total. The lowest BCUT2D eigenvalue weighted by atomic mass is 10.4. The molecule has 0 atom stereocenters. The lowest BCUT2D eigenvalue weighted by Gasteiger charge is -1.98. The highest BCUT2D eigenvalue weighted by atomic mass is 16.4. The molecule has 7 heteroatoms. The number of carboxylic acids is 1. The van der Waals surface area contributed by atoms with Gasteiger partial charge in [-0.3, -0.25) is 13.9 Å². The Morgan fingerprint density at radius 2 is 1.68 bits per heavy atom. The highest BCUT2D eigenvalue weighted by molar-refractivity contribution is 5.78. The molecule has 0 amide bonds. The predicted octanol–water partition coefficient (Wildman–Crippen LogP) is 1.08. The Kier molecular flexibility index (Phi) is 5.56. The van der Waals surface area contributed by atoms with E-state index in [2.05, 4.69) is 21.8 Å². The van der Waals surface area contributed by atoms with E-state index in [0.717, 1.165) is 0 Å². The molecule has 0 saturated carbocycles.